The fourth-order valence-electron chi connectivity index (χ4n) is 10.7. The first-order valence-corrected chi connectivity index (χ1v) is 20.8. The van der Waals surface area contributed by atoms with Gasteiger partial charge in [0.25, 0.3) is 0 Å². The van der Waals surface area contributed by atoms with Crippen LogP contribution in [-0.4, -0.2) is 4.57 Å². The zero-order valence-corrected chi connectivity index (χ0v) is 34.5. The Labute approximate surface area is 345 Å². The zero-order valence-electron chi connectivity index (χ0n) is 34.5. The number of hydrogen-bond acceptors (Lipinski definition) is 0. The van der Waals surface area contributed by atoms with Crippen molar-refractivity contribution in [3.8, 4) is 39.1 Å². The number of aromatic nitrogens is 1. The summed E-state index contributed by atoms with van der Waals surface area (Å²) in [7, 11) is 0. The first-order chi connectivity index (χ1) is 28.7. The van der Waals surface area contributed by atoms with E-state index in [4.69, 9.17) is 0 Å². The zero-order chi connectivity index (χ0) is 40.1. The molecule has 0 fully saturated rings. The van der Waals surface area contributed by atoms with Crippen molar-refractivity contribution in [2.24, 2.45) is 0 Å². The third-order valence-electron chi connectivity index (χ3n) is 12.9. The molecule has 0 bridgehead atoms. The van der Waals surface area contributed by atoms with E-state index in [1.165, 1.54) is 132 Å². The topological polar surface area (TPSA) is 4.93 Å². The quantitative estimate of drug-likeness (QED) is 0.125. The van der Waals surface area contributed by atoms with Crippen molar-refractivity contribution < 1.29 is 0 Å². The molecule has 0 radical (unpaired) electrons. The fourth-order valence-corrected chi connectivity index (χ4v) is 10.7. The molecule has 0 atom stereocenters. The second-order valence-electron chi connectivity index (χ2n) is 16.9. The number of hydrogen-bond donors (Lipinski definition) is 0. The van der Waals surface area contributed by atoms with Gasteiger partial charge in [-0.1, -0.05) is 132 Å². The maximum absolute atomic E-state index is 2.47. The van der Waals surface area contributed by atoms with Gasteiger partial charge in [-0.05, 0) is 183 Å². The SMILES string of the molecule is Cc1cc(C)c(-c2ccc3c(c2)c2cc(-c4c(C)cc(C)cc4C)ccc2n3-c2ccc(-c3c4ccccc4cc4c5ccccc5c5ccccc5c34)cc2)c(C)c1. The van der Waals surface area contributed by atoms with Gasteiger partial charge in [-0.15, -0.1) is 0 Å². The molecule has 0 saturated carbocycles. The summed E-state index contributed by atoms with van der Waals surface area (Å²) in [6.45, 7) is 13.4. The minimum absolute atomic E-state index is 1.15. The molecule has 0 saturated heterocycles. The maximum Gasteiger partial charge on any atom is 0.0541 e. The molecule has 1 aromatic heterocycles. The van der Waals surface area contributed by atoms with Gasteiger partial charge in [0, 0.05) is 16.5 Å². The summed E-state index contributed by atoms with van der Waals surface area (Å²) in [6, 6.07) is 61.9. The highest BCUT2D eigenvalue weighted by atomic mass is 15.0. The Balaban J connectivity index is 1.16. The summed E-state index contributed by atoms with van der Waals surface area (Å²) in [5.74, 6) is 0. The van der Waals surface area contributed by atoms with Crippen molar-refractivity contribution in [2.75, 3.05) is 0 Å². The molecule has 0 spiro atoms. The molecule has 0 N–H and O–H groups in total. The van der Waals surface area contributed by atoms with E-state index in [-0.39, 0.29) is 0 Å². The molecule has 0 unspecified atom stereocenters. The largest absolute Gasteiger partial charge is 0.309 e. The number of fused-ring (bicyclic) bond motifs is 10. The van der Waals surface area contributed by atoms with Gasteiger partial charge in [0.2, 0.25) is 0 Å². The van der Waals surface area contributed by atoms with Gasteiger partial charge in [0.1, 0.15) is 0 Å². The number of aryl methyl sites for hydroxylation is 6. The standard InChI is InChI=1S/C58H45N/c1-34-27-36(3)55(37(4)28-34)42-21-25-53-50(32-42)51-33-43(56-38(5)29-35(2)30-39(56)6)22-26-54(51)59(53)44-23-19-40(20-24-44)57-45-14-8-7-13-41(45)31-52-48-17-10-9-15-46(48)47-16-11-12-18-49(47)58(52)57/h7-33H,1-6H3. The summed E-state index contributed by atoms with van der Waals surface area (Å²) in [4.78, 5) is 0. The van der Waals surface area contributed by atoms with Crippen molar-refractivity contribution in [2.45, 2.75) is 41.5 Å². The lowest BCUT2D eigenvalue weighted by molar-refractivity contribution is 1.18. The van der Waals surface area contributed by atoms with Crippen molar-refractivity contribution in [3.63, 3.8) is 0 Å². The van der Waals surface area contributed by atoms with Crippen LogP contribution in [-0.2, 0) is 0 Å². The van der Waals surface area contributed by atoms with Gasteiger partial charge in [-0.2, -0.15) is 0 Å². The van der Waals surface area contributed by atoms with Gasteiger partial charge in [-0.3, -0.25) is 0 Å². The third kappa shape index (κ3) is 5.45. The fraction of sp³-hybridized carbons (Fsp3) is 0.103. The van der Waals surface area contributed by atoms with Crippen LogP contribution in [0, 0.1) is 41.5 Å². The summed E-state index contributed by atoms with van der Waals surface area (Å²) in [5, 5.41) is 12.8. The van der Waals surface area contributed by atoms with E-state index in [0.717, 1.165) is 5.69 Å². The molecule has 0 aliphatic rings. The molecule has 0 amide bonds. The third-order valence-corrected chi connectivity index (χ3v) is 12.9. The van der Waals surface area contributed by atoms with Crippen molar-refractivity contribution in [1.82, 2.24) is 4.57 Å². The Morgan fingerprint density at radius 2 is 0.729 bits per heavy atom. The molecule has 0 aliphatic heterocycles. The average Bonchev–Trinajstić information content (AvgIpc) is 3.55. The van der Waals surface area contributed by atoms with Crippen LogP contribution in [0.3, 0.4) is 0 Å². The Morgan fingerprint density at radius 3 is 1.25 bits per heavy atom. The summed E-state index contributed by atoms with van der Waals surface area (Å²) in [6.07, 6.45) is 0. The van der Waals surface area contributed by atoms with Crippen LogP contribution in [0.4, 0.5) is 0 Å². The highest BCUT2D eigenvalue weighted by Gasteiger charge is 2.20. The predicted octanol–water partition coefficient (Wildman–Crippen LogP) is 16.2. The lowest BCUT2D eigenvalue weighted by Crippen LogP contribution is -1.95. The van der Waals surface area contributed by atoms with E-state index in [1.807, 2.05) is 0 Å². The van der Waals surface area contributed by atoms with E-state index < -0.39 is 0 Å². The molecule has 1 heteroatoms. The Kier molecular flexibility index (Phi) is 7.94. The van der Waals surface area contributed by atoms with Crippen LogP contribution in [0.25, 0.3) is 104 Å². The molecule has 10 aromatic carbocycles. The molecule has 11 aromatic rings. The number of nitrogens with zero attached hydrogens (tertiary/aromatic N) is 1. The van der Waals surface area contributed by atoms with Crippen LogP contribution in [0.15, 0.2) is 164 Å². The van der Waals surface area contributed by atoms with Crippen LogP contribution in [0.2, 0.25) is 0 Å². The highest BCUT2D eigenvalue weighted by molar-refractivity contribution is 6.32. The molecule has 1 heterocycles. The summed E-state index contributed by atoms with van der Waals surface area (Å²) >= 11 is 0. The van der Waals surface area contributed by atoms with Gasteiger partial charge >= 0.3 is 0 Å². The first-order valence-electron chi connectivity index (χ1n) is 20.8. The highest BCUT2D eigenvalue weighted by Crippen LogP contribution is 2.45. The Bertz CT molecular complexity index is 3380. The smallest absolute Gasteiger partial charge is 0.0541 e. The minimum Gasteiger partial charge on any atom is -0.309 e. The number of rotatable bonds is 4. The molecule has 282 valence electrons. The van der Waals surface area contributed by atoms with Crippen molar-refractivity contribution in [3.05, 3.63) is 197 Å². The maximum atomic E-state index is 2.47. The normalized spacial score (nSPS) is 11.9. The lowest BCUT2D eigenvalue weighted by Gasteiger charge is -2.18. The second-order valence-corrected chi connectivity index (χ2v) is 16.9. The van der Waals surface area contributed by atoms with E-state index in [2.05, 4.69) is 210 Å². The average molecular weight is 756 g/mol. The van der Waals surface area contributed by atoms with E-state index in [9.17, 15) is 0 Å². The predicted molar refractivity (Wildman–Crippen MR) is 256 cm³/mol. The minimum atomic E-state index is 1.15. The van der Waals surface area contributed by atoms with E-state index in [0.29, 0.717) is 0 Å². The van der Waals surface area contributed by atoms with Crippen LogP contribution >= 0.6 is 0 Å². The lowest BCUT2D eigenvalue weighted by atomic mass is 9.86. The Hall–Kier alpha value is -6.96. The van der Waals surface area contributed by atoms with Crippen LogP contribution < -0.4 is 0 Å². The van der Waals surface area contributed by atoms with Gasteiger partial charge in [0.15, 0.2) is 0 Å². The van der Waals surface area contributed by atoms with Crippen LogP contribution in [0.1, 0.15) is 33.4 Å². The monoisotopic (exact) mass is 755 g/mol. The van der Waals surface area contributed by atoms with Crippen molar-refractivity contribution >= 4 is 64.9 Å². The molecular weight excluding hydrogens is 711 g/mol. The van der Waals surface area contributed by atoms with Gasteiger partial charge in [-0.25, -0.2) is 0 Å². The molecule has 59 heavy (non-hydrogen) atoms. The molecule has 1 nitrogen and oxygen atoms in total. The molecule has 0 aliphatic carbocycles. The number of benzene rings is 10. The summed E-state index contributed by atoms with van der Waals surface area (Å²) in [5.41, 5.74) is 19.1. The van der Waals surface area contributed by atoms with Crippen LogP contribution in [0.5, 0.6) is 0 Å². The second kappa shape index (κ2) is 13.3. The van der Waals surface area contributed by atoms with Gasteiger partial charge in [0.05, 0.1) is 11.0 Å². The van der Waals surface area contributed by atoms with Crippen molar-refractivity contribution in [1.29, 1.82) is 0 Å². The van der Waals surface area contributed by atoms with Gasteiger partial charge < -0.3 is 4.57 Å². The first kappa shape index (κ1) is 35.2. The van der Waals surface area contributed by atoms with E-state index >= 15 is 0 Å². The Morgan fingerprint density at radius 1 is 0.305 bits per heavy atom. The molecular formula is C58H45N. The van der Waals surface area contributed by atoms with E-state index in [1.54, 1.807) is 0 Å². The summed E-state index contributed by atoms with van der Waals surface area (Å²) < 4.78 is 2.47. The molecule has 11 rings (SSSR count).